The van der Waals surface area contributed by atoms with E-state index >= 15 is 0 Å². The Balaban J connectivity index is 1.23. The monoisotopic (exact) mass is 535 g/mol. The summed E-state index contributed by atoms with van der Waals surface area (Å²) in [5.74, 6) is 0.821. The first kappa shape index (κ1) is 26.2. The average Bonchev–Trinajstić information content (AvgIpc) is 3.32. The van der Waals surface area contributed by atoms with E-state index in [2.05, 4.69) is 50.4 Å². The Morgan fingerprint density at radius 1 is 0.923 bits per heavy atom. The summed E-state index contributed by atoms with van der Waals surface area (Å²) in [6.45, 7) is 2.73. The van der Waals surface area contributed by atoms with Crippen molar-refractivity contribution < 1.29 is 9.53 Å². The number of carbonyl (C=O) groups is 1. The first-order chi connectivity index (χ1) is 19.1. The van der Waals surface area contributed by atoms with Crippen LogP contribution in [0.2, 0.25) is 0 Å². The van der Waals surface area contributed by atoms with Gasteiger partial charge in [-0.2, -0.15) is 5.11 Å². The second kappa shape index (κ2) is 12.4. The van der Waals surface area contributed by atoms with Crippen LogP contribution >= 0.6 is 11.8 Å². The van der Waals surface area contributed by atoms with Gasteiger partial charge in [-0.05, 0) is 66.9 Å². The molecule has 196 valence electrons. The lowest BCUT2D eigenvalue weighted by atomic mass is 10.1. The highest BCUT2D eigenvalue weighted by Crippen LogP contribution is 2.30. The molecule has 5 aromatic rings. The highest BCUT2D eigenvalue weighted by atomic mass is 32.2. The molecule has 1 aromatic heterocycles. The van der Waals surface area contributed by atoms with E-state index in [-0.39, 0.29) is 11.7 Å². The molecule has 0 saturated carbocycles. The Hall–Kier alpha value is -4.43. The first-order valence-corrected chi connectivity index (χ1v) is 13.7. The van der Waals surface area contributed by atoms with E-state index in [4.69, 9.17) is 9.72 Å². The van der Waals surface area contributed by atoms with Crippen LogP contribution in [0.1, 0.15) is 11.1 Å². The number of para-hydroxylation sites is 3. The predicted molar refractivity (Wildman–Crippen MR) is 158 cm³/mol. The van der Waals surface area contributed by atoms with Crippen LogP contribution in [0.4, 0.5) is 17.1 Å². The Labute approximate surface area is 232 Å². The summed E-state index contributed by atoms with van der Waals surface area (Å²) in [5.41, 5.74) is 6.27. The van der Waals surface area contributed by atoms with Crippen LogP contribution < -0.4 is 10.1 Å². The fraction of sp³-hybridized carbons (Fsp3) is 0.161. The molecule has 39 heavy (non-hydrogen) atoms. The van der Waals surface area contributed by atoms with Crippen molar-refractivity contribution in [2.24, 2.45) is 10.2 Å². The number of nitrogens with zero attached hydrogens (tertiary/aromatic N) is 4. The molecular weight excluding hydrogens is 506 g/mol. The molecule has 0 spiro atoms. The Morgan fingerprint density at radius 2 is 1.67 bits per heavy atom. The summed E-state index contributed by atoms with van der Waals surface area (Å²) in [7, 11) is 1.61. The molecule has 1 amide bonds. The minimum absolute atomic E-state index is 0.0931. The van der Waals surface area contributed by atoms with Gasteiger partial charge in [-0.1, -0.05) is 66.4 Å². The molecule has 0 aliphatic carbocycles. The largest absolute Gasteiger partial charge is 0.494 e. The second-order valence-electron chi connectivity index (χ2n) is 8.98. The molecule has 0 unspecified atom stereocenters. The molecule has 5 rings (SSSR count). The van der Waals surface area contributed by atoms with Crippen molar-refractivity contribution in [3.63, 3.8) is 0 Å². The quantitative estimate of drug-likeness (QED) is 0.146. The SMILES string of the molecule is COc1ccccc1N=Nc1ccc(NC(=O)CSc2nc3ccccc3n2CCc2ccccc2)cc1C. The van der Waals surface area contributed by atoms with Crippen molar-refractivity contribution in [3.05, 3.63) is 108 Å². The third-order valence-electron chi connectivity index (χ3n) is 6.25. The van der Waals surface area contributed by atoms with Crippen LogP contribution in [0.25, 0.3) is 11.0 Å². The minimum atomic E-state index is -0.0931. The Bertz CT molecular complexity index is 1610. The van der Waals surface area contributed by atoms with E-state index in [1.165, 1.54) is 17.3 Å². The number of nitrogens with one attached hydrogen (secondary N) is 1. The van der Waals surface area contributed by atoms with E-state index in [0.29, 0.717) is 17.1 Å². The molecule has 0 fully saturated rings. The number of methoxy groups -OCH3 is 1. The molecule has 0 saturated heterocycles. The van der Waals surface area contributed by atoms with Crippen molar-refractivity contribution >= 4 is 45.8 Å². The van der Waals surface area contributed by atoms with E-state index in [1.807, 2.05) is 73.7 Å². The minimum Gasteiger partial charge on any atom is -0.494 e. The fourth-order valence-electron chi connectivity index (χ4n) is 4.26. The van der Waals surface area contributed by atoms with Crippen molar-refractivity contribution in [2.75, 3.05) is 18.2 Å². The number of amides is 1. The summed E-state index contributed by atoms with van der Waals surface area (Å²) in [5, 5.41) is 12.5. The van der Waals surface area contributed by atoms with Gasteiger partial charge in [0.15, 0.2) is 5.16 Å². The van der Waals surface area contributed by atoms with Crippen LogP contribution in [-0.4, -0.2) is 28.3 Å². The zero-order valence-corrected chi connectivity index (χ0v) is 22.7. The summed E-state index contributed by atoms with van der Waals surface area (Å²) < 4.78 is 7.53. The number of azo groups is 1. The van der Waals surface area contributed by atoms with Gasteiger partial charge in [0.05, 0.1) is 29.6 Å². The normalized spacial score (nSPS) is 11.2. The molecule has 0 radical (unpaired) electrons. The van der Waals surface area contributed by atoms with Gasteiger partial charge in [0.1, 0.15) is 11.4 Å². The lowest BCUT2D eigenvalue weighted by molar-refractivity contribution is -0.113. The number of carbonyl (C=O) groups excluding carboxylic acids is 1. The number of hydrogen-bond acceptors (Lipinski definition) is 6. The highest BCUT2D eigenvalue weighted by molar-refractivity contribution is 7.99. The molecule has 7 nitrogen and oxygen atoms in total. The number of hydrogen-bond donors (Lipinski definition) is 1. The number of thioether (sulfide) groups is 1. The van der Waals surface area contributed by atoms with Gasteiger partial charge < -0.3 is 14.6 Å². The summed E-state index contributed by atoms with van der Waals surface area (Å²) >= 11 is 1.45. The van der Waals surface area contributed by atoms with Gasteiger partial charge in [-0.3, -0.25) is 4.79 Å². The Kier molecular flexibility index (Phi) is 8.33. The third kappa shape index (κ3) is 6.53. The second-order valence-corrected chi connectivity index (χ2v) is 9.92. The topological polar surface area (TPSA) is 80.9 Å². The molecule has 0 atom stereocenters. The first-order valence-electron chi connectivity index (χ1n) is 12.7. The maximum absolute atomic E-state index is 12.8. The van der Waals surface area contributed by atoms with Gasteiger partial charge in [0.25, 0.3) is 0 Å². The van der Waals surface area contributed by atoms with Crippen LogP contribution in [-0.2, 0) is 17.8 Å². The van der Waals surface area contributed by atoms with Crippen molar-refractivity contribution in [2.45, 2.75) is 25.0 Å². The highest BCUT2D eigenvalue weighted by Gasteiger charge is 2.14. The number of imidazole rings is 1. The number of ether oxygens (including phenoxy) is 1. The molecule has 1 heterocycles. The third-order valence-corrected chi connectivity index (χ3v) is 7.23. The number of rotatable bonds is 10. The van der Waals surface area contributed by atoms with Crippen LogP contribution in [0.5, 0.6) is 5.75 Å². The van der Waals surface area contributed by atoms with Crippen molar-refractivity contribution in [1.29, 1.82) is 0 Å². The predicted octanol–water partition coefficient (Wildman–Crippen LogP) is 7.74. The van der Waals surface area contributed by atoms with Crippen LogP contribution in [0, 0.1) is 6.92 Å². The van der Waals surface area contributed by atoms with Gasteiger partial charge in [-0.15, -0.1) is 5.11 Å². The van der Waals surface area contributed by atoms with Gasteiger partial charge in [0, 0.05) is 12.2 Å². The zero-order chi connectivity index (χ0) is 27.0. The molecule has 1 N–H and O–H groups in total. The van der Waals surface area contributed by atoms with Gasteiger partial charge in [-0.25, -0.2) is 4.98 Å². The van der Waals surface area contributed by atoms with Gasteiger partial charge >= 0.3 is 0 Å². The number of aromatic nitrogens is 2. The lowest BCUT2D eigenvalue weighted by Gasteiger charge is -2.10. The zero-order valence-electron chi connectivity index (χ0n) is 21.9. The maximum atomic E-state index is 12.8. The van der Waals surface area contributed by atoms with Crippen LogP contribution in [0.3, 0.4) is 0 Å². The van der Waals surface area contributed by atoms with Crippen molar-refractivity contribution in [3.8, 4) is 5.75 Å². The van der Waals surface area contributed by atoms with E-state index in [0.717, 1.165) is 40.4 Å². The smallest absolute Gasteiger partial charge is 0.234 e. The number of aryl methyl sites for hydroxylation is 3. The lowest BCUT2D eigenvalue weighted by Crippen LogP contribution is -2.15. The van der Waals surface area contributed by atoms with Gasteiger partial charge in [0.2, 0.25) is 5.91 Å². The van der Waals surface area contributed by atoms with E-state index in [9.17, 15) is 4.79 Å². The summed E-state index contributed by atoms with van der Waals surface area (Å²) in [6.07, 6.45) is 0.890. The summed E-state index contributed by atoms with van der Waals surface area (Å²) in [4.78, 5) is 17.6. The Morgan fingerprint density at radius 3 is 2.49 bits per heavy atom. The molecule has 0 aliphatic rings. The number of benzene rings is 4. The number of anilines is 1. The molecule has 8 heteroatoms. The summed E-state index contributed by atoms with van der Waals surface area (Å²) in [6, 6.07) is 31.5. The maximum Gasteiger partial charge on any atom is 0.234 e. The number of fused-ring (bicyclic) bond motifs is 1. The average molecular weight is 536 g/mol. The molecule has 4 aromatic carbocycles. The molecular formula is C31H29N5O2S. The van der Waals surface area contributed by atoms with E-state index in [1.54, 1.807) is 7.11 Å². The standard InChI is InChI=1S/C31H29N5O2S/c1-22-20-24(16-17-25(22)34-35-27-13-7-9-15-29(27)38-2)32-30(37)21-39-31-33-26-12-6-8-14-28(26)36(31)19-18-23-10-4-3-5-11-23/h3-17,20H,18-19,21H2,1-2H3,(H,32,37). The molecule has 0 bridgehead atoms. The molecule has 0 aliphatic heterocycles. The van der Waals surface area contributed by atoms with Crippen LogP contribution in [0.15, 0.2) is 112 Å². The van der Waals surface area contributed by atoms with Crippen molar-refractivity contribution in [1.82, 2.24) is 9.55 Å². The van der Waals surface area contributed by atoms with E-state index < -0.39 is 0 Å². The fourth-order valence-corrected chi connectivity index (χ4v) is 5.10.